The molecule has 2 aromatic heterocycles. The van der Waals surface area contributed by atoms with E-state index in [-0.39, 0.29) is 11.3 Å². The number of carbonyl (C=O) groups is 1. The van der Waals surface area contributed by atoms with Gasteiger partial charge in [-0.25, -0.2) is 9.97 Å². The Hall–Kier alpha value is -2.05. The van der Waals surface area contributed by atoms with Crippen molar-refractivity contribution in [3.63, 3.8) is 0 Å². The molecule has 6 heteroatoms. The molecule has 1 aliphatic heterocycles. The average molecular weight is 370 g/mol. The zero-order chi connectivity index (χ0) is 17.3. The predicted octanol–water partition coefficient (Wildman–Crippen LogP) is 4.13. The number of hydrogen-bond donors (Lipinski definition) is 0. The van der Waals surface area contributed by atoms with Gasteiger partial charge in [0.05, 0.1) is 16.2 Å². The lowest BCUT2D eigenvalue weighted by atomic mass is 9.70. The van der Waals surface area contributed by atoms with Gasteiger partial charge in [0.2, 0.25) is 0 Å². The summed E-state index contributed by atoms with van der Waals surface area (Å²) in [5, 5.41) is 5.09. The van der Waals surface area contributed by atoms with E-state index in [1.807, 2.05) is 23.3 Å². The van der Waals surface area contributed by atoms with Gasteiger partial charge in [-0.2, -0.15) is 0 Å². The highest BCUT2D eigenvalue weighted by atomic mass is 32.1. The number of benzene rings is 1. The number of likely N-dealkylation sites (tertiary alicyclic amines) is 1. The third kappa shape index (κ3) is 3.00. The summed E-state index contributed by atoms with van der Waals surface area (Å²) in [6, 6.07) is 10.6. The molecule has 1 amide bonds. The first-order chi connectivity index (χ1) is 12.2. The van der Waals surface area contributed by atoms with Crippen molar-refractivity contribution in [3.05, 3.63) is 68.6 Å². The molecule has 0 aliphatic carbocycles. The fraction of sp³-hybridized carbons (Fsp3) is 0.316. The number of piperidine rings is 1. The molecular formula is C19H19N3OS2. The van der Waals surface area contributed by atoms with Gasteiger partial charge in [0.1, 0.15) is 5.69 Å². The second-order valence-corrected chi connectivity index (χ2v) is 8.15. The van der Waals surface area contributed by atoms with Crippen LogP contribution in [-0.4, -0.2) is 33.9 Å². The van der Waals surface area contributed by atoms with Crippen molar-refractivity contribution < 1.29 is 4.79 Å². The van der Waals surface area contributed by atoms with Crippen LogP contribution in [0.25, 0.3) is 0 Å². The SMILES string of the molecule is Cc1nc(C2(c3ccccc3)CCN(C(=O)c3cscn3)CC2)cs1. The first-order valence-corrected chi connectivity index (χ1v) is 10.2. The predicted molar refractivity (Wildman–Crippen MR) is 101 cm³/mol. The minimum atomic E-state index is -0.106. The number of hydrogen-bond acceptors (Lipinski definition) is 5. The Morgan fingerprint density at radius 2 is 1.92 bits per heavy atom. The summed E-state index contributed by atoms with van der Waals surface area (Å²) in [7, 11) is 0. The standard InChI is InChI=1S/C19H19N3OS2/c1-14-21-17(12-25-14)19(15-5-3-2-4-6-15)7-9-22(10-8-19)18(23)16-11-24-13-20-16/h2-6,11-13H,7-10H2,1H3. The number of carbonyl (C=O) groups excluding carboxylic acids is 1. The summed E-state index contributed by atoms with van der Waals surface area (Å²) in [6.45, 7) is 3.50. The van der Waals surface area contributed by atoms with E-state index >= 15 is 0 Å². The summed E-state index contributed by atoms with van der Waals surface area (Å²) in [4.78, 5) is 23.5. The summed E-state index contributed by atoms with van der Waals surface area (Å²) in [6.07, 6.45) is 1.77. The van der Waals surface area contributed by atoms with Crippen molar-refractivity contribution in [1.82, 2.24) is 14.9 Å². The van der Waals surface area contributed by atoms with E-state index in [1.165, 1.54) is 16.9 Å². The number of amides is 1. The second kappa shape index (κ2) is 6.69. The Morgan fingerprint density at radius 1 is 1.16 bits per heavy atom. The van der Waals surface area contributed by atoms with Gasteiger partial charge in [-0.3, -0.25) is 4.79 Å². The Morgan fingerprint density at radius 3 is 2.52 bits per heavy atom. The van der Waals surface area contributed by atoms with Crippen LogP contribution in [0.15, 0.2) is 46.6 Å². The summed E-state index contributed by atoms with van der Waals surface area (Å²) in [5.41, 5.74) is 4.60. The van der Waals surface area contributed by atoms with Crippen molar-refractivity contribution in [2.45, 2.75) is 25.2 Å². The van der Waals surface area contributed by atoms with Crippen LogP contribution < -0.4 is 0 Å². The highest BCUT2D eigenvalue weighted by Crippen LogP contribution is 2.42. The molecule has 0 unspecified atom stereocenters. The Labute approximate surface area is 155 Å². The van der Waals surface area contributed by atoms with Gasteiger partial charge in [0.15, 0.2) is 0 Å². The molecule has 1 aromatic carbocycles. The first-order valence-electron chi connectivity index (χ1n) is 8.35. The largest absolute Gasteiger partial charge is 0.337 e. The normalized spacial score (nSPS) is 16.8. The van der Waals surface area contributed by atoms with Gasteiger partial charge >= 0.3 is 0 Å². The summed E-state index contributed by atoms with van der Waals surface area (Å²) in [5.74, 6) is 0.0392. The molecule has 1 aliphatic rings. The van der Waals surface area contributed by atoms with E-state index in [9.17, 15) is 4.79 Å². The number of aromatic nitrogens is 2. The Balaban J connectivity index is 1.63. The Bertz CT molecular complexity index is 850. The van der Waals surface area contributed by atoms with Crippen molar-refractivity contribution in [3.8, 4) is 0 Å². The van der Waals surface area contributed by atoms with E-state index in [0.29, 0.717) is 5.69 Å². The monoisotopic (exact) mass is 369 g/mol. The molecule has 0 saturated carbocycles. The molecule has 0 radical (unpaired) electrons. The fourth-order valence-corrected chi connectivity index (χ4v) is 4.84. The third-order valence-electron chi connectivity index (χ3n) is 4.99. The van der Waals surface area contributed by atoms with E-state index in [0.717, 1.165) is 36.6 Å². The van der Waals surface area contributed by atoms with E-state index in [1.54, 1.807) is 16.8 Å². The number of rotatable bonds is 3. The van der Waals surface area contributed by atoms with Crippen LogP contribution in [0, 0.1) is 6.92 Å². The van der Waals surface area contributed by atoms with E-state index < -0.39 is 0 Å². The van der Waals surface area contributed by atoms with Gasteiger partial charge in [0.25, 0.3) is 5.91 Å². The van der Waals surface area contributed by atoms with E-state index in [4.69, 9.17) is 4.98 Å². The summed E-state index contributed by atoms with van der Waals surface area (Å²) >= 11 is 3.16. The zero-order valence-corrected chi connectivity index (χ0v) is 15.6. The van der Waals surface area contributed by atoms with Crippen LogP contribution in [0.3, 0.4) is 0 Å². The minimum Gasteiger partial charge on any atom is -0.337 e. The molecule has 3 aromatic rings. The molecule has 0 bridgehead atoms. The third-order valence-corrected chi connectivity index (χ3v) is 6.35. The fourth-order valence-electron chi connectivity index (χ4n) is 3.60. The number of nitrogens with zero attached hydrogens (tertiary/aromatic N) is 3. The van der Waals surface area contributed by atoms with E-state index in [2.05, 4.69) is 34.6 Å². The molecule has 1 fully saturated rings. The lowest BCUT2D eigenvalue weighted by molar-refractivity contribution is 0.0679. The highest BCUT2D eigenvalue weighted by Gasteiger charge is 2.40. The van der Waals surface area contributed by atoms with Crippen molar-refractivity contribution in [2.24, 2.45) is 0 Å². The smallest absolute Gasteiger partial charge is 0.273 e. The van der Waals surface area contributed by atoms with Crippen LogP contribution in [0.4, 0.5) is 0 Å². The van der Waals surface area contributed by atoms with Gasteiger partial charge in [-0.1, -0.05) is 30.3 Å². The summed E-state index contributed by atoms with van der Waals surface area (Å²) < 4.78 is 0. The average Bonchev–Trinajstić information content (AvgIpc) is 3.34. The maximum atomic E-state index is 12.6. The first kappa shape index (κ1) is 16.4. The van der Waals surface area contributed by atoms with Gasteiger partial charge < -0.3 is 4.90 Å². The number of aryl methyl sites for hydroxylation is 1. The second-order valence-electron chi connectivity index (χ2n) is 6.37. The topological polar surface area (TPSA) is 46.1 Å². The molecule has 3 heterocycles. The van der Waals surface area contributed by atoms with Crippen LogP contribution in [-0.2, 0) is 5.41 Å². The quantitative estimate of drug-likeness (QED) is 0.697. The molecule has 0 N–H and O–H groups in total. The van der Waals surface area contributed by atoms with Gasteiger partial charge in [-0.15, -0.1) is 22.7 Å². The van der Waals surface area contributed by atoms with Crippen LogP contribution >= 0.6 is 22.7 Å². The maximum Gasteiger partial charge on any atom is 0.273 e. The molecule has 0 atom stereocenters. The van der Waals surface area contributed by atoms with Gasteiger partial charge in [-0.05, 0) is 25.3 Å². The molecule has 4 rings (SSSR count). The van der Waals surface area contributed by atoms with Crippen molar-refractivity contribution in [2.75, 3.05) is 13.1 Å². The molecule has 1 saturated heterocycles. The molecular weight excluding hydrogens is 350 g/mol. The molecule has 0 spiro atoms. The molecule has 25 heavy (non-hydrogen) atoms. The highest BCUT2D eigenvalue weighted by molar-refractivity contribution is 7.09. The molecule has 128 valence electrons. The van der Waals surface area contributed by atoms with Crippen molar-refractivity contribution >= 4 is 28.6 Å². The zero-order valence-electron chi connectivity index (χ0n) is 14.0. The minimum absolute atomic E-state index is 0.0392. The lowest BCUT2D eigenvalue weighted by Crippen LogP contribution is -2.46. The molecule has 4 nitrogen and oxygen atoms in total. The Kier molecular flexibility index (Phi) is 4.39. The van der Waals surface area contributed by atoms with Gasteiger partial charge in [0, 0.05) is 29.3 Å². The lowest BCUT2D eigenvalue weighted by Gasteiger charge is -2.41. The van der Waals surface area contributed by atoms with Crippen LogP contribution in [0.1, 0.15) is 39.6 Å². The van der Waals surface area contributed by atoms with Crippen LogP contribution in [0.5, 0.6) is 0 Å². The maximum absolute atomic E-state index is 12.6. The number of thiazole rings is 2. The van der Waals surface area contributed by atoms with Crippen molar-refractivity contribution in [1.29, 1.82) is 0 Å². The van der Waals surface area contributed by atoms with Crippen LogP contribution in [0.2, 0.25) is 0 Å².